The summed E-state index contributed by atoms with van der Waals surface area (Å²) in [6, 6.07) is 6.25. The predicted molar refractivity (Wildman–Crippen MR) is 70.4 cm³/mol. The molecule has 0 bridgehead atoms. The van der Waals surface area contributed by atoms with Crippen LogP contribution in [-0.2, 0) is 4.74 Å². The van der Waals surface area contributed by atoms with Crippen LogP contribution in [0, 0.1) is 12.7 Å². The molecule has 0 aliphatic heterocycles. The van der Waals surface area contributed by atoms with Crippen molar-refractivity contribution in [1.82, 2.24) is 0 Å². The second kappa shape index (κ2) is 5.31. The van der Waals surface area contributed by atoms with E-state index in [4.69, 9.17) is 4.74 Å². The molecule has 2 rings (SSSR count). The first kappa shape index (κ1) is 12.8. The van der Waals surface area contributed by atoms with Gasteiger partial charge in [0, 0.05) is 10.3 Å². The standard InChI is InChI=1S/C14H13FO2S/c1-3-17-14(16)12-8-18-13(9(12)2)10-4-6-11(15)7-5-10/h4-8H,3H2,1-2H3. The van der Waals surface area contributed by atoms with Crippen molar-refractivity contribution in [2.45, 2.75) is 13.8 Å². The molecule has 2 nitrogen and oxygen atoms in total. The van der Waals surface area contributed by atoms with Crippen LogP contribution in [0.4, 0.5) is 4.39 Å². The Balaban J connectivity index is 2.36. The number of thiophene rings is 1. The first-order chi connectivity index (χ1) is 8.63. The minimum atomic E-state index is -0.306. The first-order valence-corrected chi connectivity index (χ1v) is 6.52. The van der Waals surface area contributed by atoms with Gasteiger partial charge in [-0.3, -0.25) is 0 Å². The second-order valence-electron chi connectivity index (χ2n) is 3.83. The maximum absolute atomic E-state index is 12.9. The van der Waals surface area contributed by atoms with Crippen LogP contribution in [0.3, 0.4) is 0 Å². The van der Waals surface area contributed by atoms with Gasteiger partial charge in [0.25, 0.3) is 0 Å². The maximum Gasteiger partial charge on any atom is 0.339 e. The van der Waals surface area contributed by atoms with Gasteiger partial charge in [0.1, 0.15) is 5.82 Å². The van der Waals surface area contributed by atoms with Crippen molar-refractivity contribution in [3.63, 3.8) is 0 Å². The third-order valence-corrected chi connectivity index (χ3v) is 3.77. The summed E-state index contributed by atoms with van der Waals surface area (Å²) in [5.74, 6) is -0.571. The summed E-state index contributed by atoms with van der Waals surface area (Å²) >= 11 is 1.47. The van der Waals surface area contributed by atoms with Gasteiger partial charge in [-0.05, 0) is 37.1 Å². The van der Waals surface area contributed by atoms with Crippen LogP contribution >= 0.6 is 11.3 Å². The van der Waals surface area contributed by atoms with E-state index in [9.17, 15) is 9.18 Å². The van der Waals surface area contributed by atoms with E-state index in [0.717, 1.165) is 16.0 Å². The van der Waals surface area contributed by atoms with Crippen LogP contribution in [0.1, 0.15) is 22.8 Å². The van der Waals surface area contributed by atoms with Crippen molar-refractivity contribution >= 4 is 17.3 Å². The van der Waals surface area contributed by atoms with Crippen molar-refractivity contribution in [1.29, 1.82) is 0 Å². The van der Waals surface area contributed by atoms with Crippen molar-refractivity contribution in [2.75, 3.05) is 6.61 Å². The zero-order valence-corrected chi connectivity index (χ0v) is 11.0. The molecule has 94 valence electrons. The largest absolute Gasteiger partial charge is 0.462 e. The number of esters is 1. The number of ether oxygens (including phenoxy) is 1. The molecule has 0 fully saturated rings. The van der Waals surface area contributed by atoms with Crippen LogP contribution in [0.5, 0.6) is 0 Å². The van der Waals surface area contributed by atoms with Gasteiger partial charge >= 0.3 is 5.97 Å². The van der Waals surface area contributed by atoms with Gasteiger partial charge < -0.3 is 4.74 Å². The van der Waals surface area contributed by atoms with Crippen LogP contribution in [-0.4, -0.2) is 12.6 Å². The molecule has 0 amide bonds. The number of carbonyl (C=O) groups excluding carboxylic acids is 1. The minimum Gasteiger partial charge on any atom is -0.462 e. The Morgan fingerprint density at radius 1 is 1.33 bits per heavy atom. The Labute approximate surface area is 109 Å². The van der Waals surface area contributed by atoms with Crippen molar-refractivity contribution in [3.8, 4) is 10.4 Å². The van der Waals surface area contributed by atoms with E-state index < -0.39 is 0 Å². The van der Waals surface area contributed by atoms with E-state index in [0.29, 0.717) is 12.2 Å². The molecule has 1 aromatic carbocycles. The molecule has 0 saturated carbocycles. The lowest BCUT2D eigenvalue weighted by Gasteiger charge is -2.02. The highest BCUT2D eigenvalue weighted by molar-refractivity contribution is 7.14. The van der Waals surface area contributed by atoms with E-state index in [2.05, 4.69) is 0 Å². The molecule has 4 heteroatoms. The van der Waals surface area contributed by atoms with E-state index in [1.165, 1.54) is 23.5 Å². The lowest BCUT2D eigenvalue weighted by Crippen LogP contribution is -2.04. The highest BCUT2D eigenvalue weighted by atomic mass is 32.1. The molecule has 0 unspecified atom stereocenters. The zero-order chi connectivity index (χ0) is 13.1. The number of benzene rings is 1. The molecule has 18 heavy (non-hydrogen) atoms. The zero-order valence-electron chi connectivity index (χ0n) is 10.2. The lowest BCUT2D eigenvalue weighted by atomic mass is 10.1. The van der Waals surface area contributed by atoms with Gasteiger partial charge in [-0.2, -0.15) is 0 Å². The predicted octanol–water partition coefficient (Wildman–Crippen LogP) is 4.04. The number of hydrogen-bond acceptors (Lipinski definition) is 3. The fourth-order valence-electron chi connectivity index (χ4n) is 1.71. The third-order valence-electron chi connectivity index (χ3n) is 2.64. The maximum atomic E-state index is 12.9. The molecule has 0 radical (unpaired) electrons. The first-order valence-electron chi connectivity index (χ1n) is 5.64. The molecule has 0 spiro atoms. The minimum absolute atomic E-state index is 0.265. The third kappa shape index (κ3) is 2.43. The molecule has 1 aromatic heterocycles. The van der Waals surface area contributed by atoms with E-state index in [1.54, 1.807) is 24.4 Å². The quantitative estimate of drug-likeness (QED) is 0.782. The number of hydrogen-bond donors (Lipinski definition) is 0. The number of halogens is 1. The van der Waals surface area contributed by atoms with E-state index in [-0.39, 0.29) is 11.8 Å². The molecule has 0 aliphatic rings. The monoisotopic (exact) mass is 264 g/mol. The van der Waals surface area contributed by atoms with Gasteiger partial charge in [-0.25, -0.2) is 9.18 Å². The summed E-state index contributed by atoms with van der Waals surface area (Å²) in [4.78, 5) is 12.7. The summed E-state index contributed by atoms with van der Waals surface area (Å²) in [6.07, 6.45) is 0. The van der Waals surface area contributed by atoms with Crippen molar-refractivity contribution in [2.24, 2.45) is 0 Å². The van der Waals surface area contributed by atoms with Gasteiger partial charge in [0.2, 0.25) is 0 Å². The topological polar surface area (TPSA) is 26.3 Å². The summed E-state index contributed by atoms with van der Waals surface area (Å²) in [5, 5.41) is 1.78. The van der Waals surface area contributed by atoms with Gasteiger partial charge in [-0.1, -0.05) is 12.1 Å². The molecule has 2 aromatic rings. The van der Waals surface area contributed by atoms with E-state index >= 15 is 0 Å². The SMILES string of the molecule is CCOC(=O)c1csc(-c2ccc(F)cc2)c1C. The van der Waals surface area contributed by atoms with Gasteiger partial charge in [0.05, 0.1) is 12.2 Å². The summed E-state index contributed by atoms with van der Waals surface area (Å²) in [6.45, 7) is 4.02. The molecule has 1 heterocycles. The smallest absolute Gasteiger partial charge is 0.339 e. The summed E-state index contributed by atoms with van der Waals surface area (Å²) in [7, 11) is 0. The van der Waals surface area contributed by atoms with Crippen LogP contribution in [0.25, 0.3) is 10.4 Å². The lowest BCUT2D eigenvalue weighted by molar-refractivity contribution is 0.0526. The van der Waals surface area contributed by atoms with Crippen molar-refractivity contribution in [3.05, 3.63) is 46.6 Å². The number of carbonyl (C=O) groups is 1. The Bertz CT molecular complexity index is 558. The average molecular weight is 264 g/mol. The fraction of sp³-hybridized carbons (Fsp3) is 0.214. The summed E-state index contributed by atoms with van der Waals surface area (Å²) < 4.78 is 17.9. The van der Waals surface area contributed by atoms with Crippen LogP contribution in [0.15, 0.2) is 29.6 Å². The Morgan fingerprint density at radius 2 is 2.00 bits per heavy atom. The molecule has 0 aliphatic carbocycles. The second-order valence-corrected chi connectivity index (χ2v) is 4.71. The highest BCUT2D eigenvalue weighted by Gasteiger charge is 2.16. The van der Waals surface area contributed by atoms with Gasteiger partial charge in [0.15, 0.2) is 0 Å². The molecule has 0 saturated heterocycles. The molecular weight excluding hydrogens is 251 g/mol. The van der Waals surface area contributed by atoms with Crippen LogP contribution in [0.2, 0.25) is 0 Å². The Morgan fingerprint density at radius 3 is 2.61 bits per heavy atom. The fourth-order valence-corrected chi connectivity index (χ4v) is 2.78. The Kier molecular flexibility index (Phi) is 3.77. The highest BCUT2D eigenvalue weighted by Crippen LogP contribution is 2.32. The number of rotatable bonds is 3. The average Bonchev–Trinajstić information content (AvgIpc) is 2.73. The Hall–Kier alpha value is -1.68. The normalized spacial score (nSPS) is 10.4. The van der Waals surface area contributed by atoms with Crippen molar-refractivity contribution < 1.29 is 13.9 Å². The summed E-state index contributed by atoms with van der Waals surface area (Å²) in [5.41, 5.74) is 2.38. The van der Waals surface area contributed by atoms with E-state index in [1.807, 2.05) is 6.92 Å². The van der Waals surface area contributed by atoms with Gasteiger partial charge in [-0.15, -0.1) is 11.3 Å². The van der Waals surface area contributed by atoms with Crippen LogP contribution < -0.4 is 0 Å². The molecule has 0 N–H and O–H groups in total. The molecule has 0 atom stereocenters. The molecular formula is C14H13FO2S.